The average Bonchev–Trinajstić information content (AvgIpc) is 2.71. The molecule has 1 unspecified atom stereocenters. The van der Waals surface area contributed by atoms with Crippen molar-refractivity contribution in [3.05, 3.63) is 98.6 Å². The van der Waals surface area contributed by atoms with Gasteiger partial charge in [-0.25, -0.2) is 4.79 Å². The second kappa shape index (κ2) is 8.45. The van der Waals surface area contributed by atoms with Crippen LogP contribution in [0, 0.1) is 41.5 Å². The summed E-state index contributed by atoms with van der Waals surface area (Å²) in [4.78, 5) is 26.7. The van der Waals surface area contributed by atoms with E-state index in [2.05, 4.69) is 0 Å². The summed E-state index contributed by atoms with van der Waals surface area (Å²) in [5, 5.41) is 0.294. The van der Waals surface area contributed by atoms with Gasteiger partial charge in [-0.05, 0) is 87.1 Å². The Bertz CT molecular complexity index is 1180. The van der Waals surface area contributed by atoms with Crippen molar-refractivity contribution in [3.63, 3.8) is 0 Å². The third kappa shape index (κ3) is 3.78. The van der Waals surface area contributed by atoms with Gasteiger partial charge in [0.25, 0.3) is 0 Å². The first kappa shape index (κ1) is 21.8. The molecule has 3 nitrogen and oxygen atoms in total. The standard InChI is InChI=1S/C26H26O3P/c1-15-10-9-11-16(2)23(15)26(28)30(29)22-13-8-7-12-21(22)25(27)24-18(4)14-17(3)19(5)20(24)6/h7-14H,1-6H3/q+1. The molecular formula is C26H26O3P+. The van der Waals surface area contributed by atoms with E-state index in [1.54, 1.807) is 24.3 Å². The van der Waals surface area contributed by atoms with Gasteiger partial charge in [-0.1, -0.05) is 41.0 Å². The molecule has 0 aliphatic heterocycles. The van der Waals surface area contributed by atoms with Crippen LogP contribution in [0.5, 0.6) is 0 Å². The quantitative estimate of drug-likeness (QED) is 0.374. The molecule has 0 fully saturated rings. The molecule has 3 aromatic rings. The number of carbonyl (C=O) groups excluding carboxylic acids is 2. The fourth-order valence-electron chi connectivity index (χ4n) is 3.97. The van der Waals surface area contributed by atoms with E-state index in [-0.39, 0.29) is 5.78 Å². The zero-order valence-corrected chi connectivity index (χ0v) is 19.2. The molecule has 0 aliphatic carbocycles. The topological polar surface area (TPSA) is 51.2 Å². The van der Waals surface area contributed by atoms with Crippen LogP contribution in [-0.2, 0) is 4.57 Å². The van der Waals surface area contributed by atoms with Gasteiger partial charge in [0.05, 0.1) is 11.1 Å². The molecule has 30 heavy (non-hydrogen) atoms. The Morgan fingerprint density at radius 1 is 0.667 bits per heavy atom. The summed E-state index contributed by atoms with van der Waals surface area (Å²) in [6.45, 7) is 11.5. The van der Waals surface area contributed by atoms with Crippen molar-refractivity contribution >= 4 is 24.4 Å². The second-order valence-corrected chi connectivity index (χ2v) is 9.32. The summed E-state index contributed by atoms with van der Waals surface area (Å²) in [6, 6.07) is 14.3. The fraction of sp³-hybridized carbons (Fsp3) is 0.231. The highest BCUT2D eigenvalue weighted by Gasteiger charge is 2.38. The number of rotatable bonds is 5. The zero-order valence-electron chi connectivity index (χ0n) is 18.3. The highest BCUT2D eigenvalue weighted by atomic mass is 31.1. The van der Waals surface area contributed by atoms with E-state index in [0.717, 1.165) is 33.4 Å². The lowest BCUT2D eigenvalue weighted by atomic mass is 9.89. The van der Waals surface area contributed by atoms with Crippen LogP contribution in [0.3, 0.4) is 0 Å². The Hall–Kier alpha value is -2.90. The largest absolute Gasteiger partial charge is 0.459 e. The van der Waals surface area contributed by atoms with Crippen molar-refractivity contribution in [1.29, 1.82) is 0 Å². The molecule has 0 amide bonds. The minimum atomic E-state index is -2.43. The van der Waals surface area contributed by atoms with Crippen molar-refractivity contribution in [2.45, 2.75) is 41.5 Å². The van der Waals surface area contributed by atoms with Crippen LogP contribution in [0.25, 0.3) is 0 Å². The van der Waals surface area contributed by atoms with E-state index in [4.69, 9.17) is 0 Å². The Labute approximate surface area is 178 Å². The maximum atomic E-state index is 13.5. The zero-order chi connectivity index (χ0) is 22.2. The molecule has 0 aliphatic rings. The number of carbonyl (C=O) groups is 2. The first-order valence-electron chi connectivity index (χ1n) is 9.94. The van der Waals surface area contributed by atoms with Crippen molar-refractivity contribution in [2.75, 3.05) is 0 Å². The lowest BCUT2D eigenvalue weighted by Gasteiger charge is -2.14. The van der Waals surface area contributed by atoms with Crippen LogP contribution in [0.2, 0.25) is 0 Å². The second-order valence-electron chi connectivity index (χ2n) is 7.85. The van der Waals surface area contributed by atoms with Crippen molar-refractivity contribution in [2.24, 2.45) is 0 Å². The Morgan fingerprint density at radius 2 is 1.27 bits per heavy atom. The summed E-state index contributed by atoms with van der Waals surface area (Å²) in [5.74, 6) is -0.193. The summed E-state index contributed by atoms with van der Waals surface area (Å²) in [5.41, 5.74) is 6.55. The highest BCUT2D eigenvalue weighted by molar-refractivity contribution is 7.71. The fourth-order valence-corrected chi connectivity index (χ4v) is 5.36. The van der Waals surface area contributed by atoms with E-state index in [0.29, 0.717) is 22.0 Å². The van der Waals surface area contributed by atoms with Gasteiger partial charge in [-0.3, -0.25) is 4.79 Å². The molecule has 0 aromatic heterocycles. The molecule has 4 heteroatoms. The number of benzene rings is 3. The lowest BCUT2D eigenvalue weighted by molar-refractivity contribution is 0.103. The maximum absolute atomic E-state index is 13.5. The number of ketones is 1. The van der Waals surface area contributed by atoms with Gasteiger partial charge >= 0.3 is 13.3 Å². The third-order valence-electron chi connectivity index (χ3n) is 5.83. The highest BCUT2D eigenvalue weighted by Crippen LogP contribution is 2.32. The SMILES string of the molecule is Cc1cc(C)c(C(=O)c2ccccc2[P+](=O)C(=O)c2c(C)cccc2C)c(C)c1C. The van der Waals surface area contributed by atoms with E-state index < -0.39 is 13.3 Å². The molecule has 0 saturated carbocycles. The molecular weight excluding hydrogens is 391 g/mol. The van der Waals surface area contributed by atoms with Gasteiger partial charge in [-0.15, -0.1) is 0 Å². The molecule has 0 saturated heterocycles. The van der Waals surface area contributed by atoms with E-state index in [1.165, 1.54) is 0 Å². The Balaban J connectivity index is 2.12. The molecule has 152 valence electrons. The average molecular weight is 417 g/mol. The monoisotopic (exact) mass is 417 g/mol. The molecule has 0 bridgehead atoms. The number of aryl methyl sites for hydroxylation is 4. The molecule has 0 N–H and O–H groups in total. The Morgan fingerprint density at radius 3 is 1.90 bits per heavy atom. The Kier molecular flexibility index (Phi) is 6.14. The molecule has 3 rings (SSSR count). The summed E-state index contributed by atoms with van der Waals surface area (Å²) in [7, 11) is -2.43. The van der Waals surface area contributed by atoms with Gasteiger partial charge in [0.1, 0.15) is 0 Å². The van der Waals surface area contributed by atoms with Gasteiger partial charge in [0.2, 0.25) is 5.30 Å². The normalized spacial score (nSPS) is 11.3. The first-order chi connectivity index (χ1) is 14.1. The number of hydrogen-bond donors (Lipinski definition) is 0. The summed E-state index contributed by atoms with van der Waals surface area (Å²) >= 11 is 0. The van der Waals surface area contributed by atoms with E-state index in [1.807, 2.05) is 65.8 Å². The molecule has 0 heterocycles. The van der Waals surface area contributed by atoms with Gasteiger partial charge in [0, 0.05) is 5.56 Å². The molecule has 0 radical (unpaired) electrons. The predicted molar refractivity (Wildman–Crippen MR) is 123 cm³/mol. The lowest BCUT2D eigenvalue weighted by Crippen LogP contribution is -2.18. The van der Waals surface area contributed by atoms with Crippen LogP contribution in [0.4, 0.5) is 0 Å². The van der Waals surface area contributed by atoms with Crippen molar-refractivity contribution < 1.29 is 14.2 Å². The summed E-state index contributed by atoms with van der Waals surface area (Å²) < 4.78 is 13.3. The van der Waals surface area contributed by atoms with Crippen LogP contribution in [0.1, 0.15) is 59.7 Å². The smallest absolute Gasteiger partial charge is 0.288 e. The van der Waals surface area contributed by atoms with Gasteiger partial charge < -0.3 is 0 Å². The maximum Gasteiger partial charge on any atom is 0.459 e. The van der Waals surface area contributed by atoms with E-state index in [9.17, 15) is 14.2 Å². The van der Waals surface area contributed by atoms with Crippen LogP contribution in [0.15, 0.2) is 48.5 Å². The number of hydrogen-bond acceptors (Lipinski definition) is 3. The van der Waals surface area contributed by atoms with Crippen LogP contribution >= 0.6 is 7.80 Å². The molecule has 3 aromatic carbocycles. The van der Waals surface area contributed by atoms with Crippen LogP contribution in [-0.4, -0.2) is 11.3 Å². The van der Waals surface area contributed by atoms with Gasteiger partial charge in [0.15, 0.2) is 5.78 Å². The molecule has 1 atom stereocenters. The predicted octanol–water partition coefficient (Wildman–Crippen LogP) is 6.06. The minimum Gasteiger partial charge on any atom is -0.288 e. The first-order valence-corrected chi connectivity index (χ1v) is 11.2. The summed E-state index contributed by atoms with van der Waals surface area (Å²) in [6.07, 6.45) is 0. The van der Waals surface area contributed by atoms with Gasteiger partial charge in [-0.2, -0.15) is 0 Å². The third-order valence-corrected chi connectivity index (χ3v) is 7.25. The van der Waals surface area contributed by atoms with Crippen molar-refractivity contribution in [3.8, 4) is 0 Å². The van der Waals surface area contributed by atoms with E-state index >= 15 is 0 Å². The van der Waals surface area contributed by atoms with Crippen LogP contribution < -0.4 is 5.30 Å². The van der Waals surface area contributed by atoms with Crippen molar-refractivity contribution in [1.82, 2.24) is 0 Å². The minimum absolute atomic E-state index is 0.193. The molecule has 0 spiro atoms.